The molecule has 2 N–H and O–H groups in total. The number of ether oxygens (including phenoxy) is 1. The predicted molar refractivity (Wildman–Crippen MR) is 66.3 cm³/mol. The number of fused-ring (bicyclic) bond motifs is 1. The molecule has 20 heavy (non-hydrogen) atoms. The van der Waals surface area contributed by atoms with Crippen LogP contribution in [-0.2, 0) is 4.74 Å². The predicted octanol–water partition coefficient (Wildman–Crippen LogP) is 2.22. The van der Waals surface area contributed by atoms with Gasteiger partial charge in [-0.15, -0.1) is 0 Å². The van der Waals surface area contributed by atoms with E-state index in [0.717, 1.165) is 0 Å². The van der Waals surface area contributed by atoms with Gasteiger partial charge in [-0.25, -0.2) is 13.6 Å². The molecule has 0 bridgehead atoms. The molecule has 0 fully saturated rings. The van der Waals surface area contributed by atoms with Crippen LogP contribution in [0.1, 0.15) is 10.4 Å². The normalized spacial score (nSPS) is 11.2. The van der Waals surface area contributed by atoms with Crippen molar-refractivity contribution in [1.29, 1.82) is 0 Å². The number of carboxylic acids is 1. The van der Waals surface area contributed by atoms with Crippen LogP contribution in [0, 0.1) is 0 Å². The third kappa shape index (κ3) is 3.64. The first-order valence-electron chi connectivity index (χ1n) is 5.80. The third-order valence-corrected chi connectivity index (χ3v) is 2.40. The number of aromatic nitrogens is 1. The topological polar surface area (TPSA) is 84.6 Å². The van der Waals surface area contributed by atoms with E-state index in [0.29, 0.717) is 11.1 Å². The first-order valence-corrected chi connectivity index (χ1v) is 5.80. The number of carbonyl (C=O) groups is 1. The maximum absolute atomic E-state index is 11.8. The molecule has 6 nitrogen and oxygen atoms in total. The van der Waals surface area contributed by atoms with E-state index in [-0.39, 0.29) is 24.7 Å². The molecule has 1 heterocycles. The highest BCUT2D eigenvalue weighted by molar-refractivity contribution is 5.92. The van der Waals surface area contributed by atoms with Crippen LogP contribution in [0.5, 0.6) is 0 Å². The first kappa shape index (κ1) is 14.2. The number of nitrogens with one attached hydrogen (secondary N) is 1. The van der Waals surface area contributed by atoms with Crippen molar-refractivity contribution < 1.29 is 27.8 Å². The largest absolute Gasteiger partial charge is 0.478 e. The number of nitrogens with zero attached hydrogens (tertiary/aromatic N) is 1. The average Bonchev–Trinajstić information content (AvgIpc) is 2.79. The number of benzene rings is 1. The highest BCUT2D eigenvalue weighted by Gasteiger charge is 2.09. The van der Waals surface area contributed by atoms with E-state index in [9.17, 15) is 13.6 Å². The first-order chi connectivity index (χ1) is 9.56. The SMILES string of the molecule is O=C(O)c1ccc2nc(NCCOCC(F)F)oc2c1. The molecule has 0 aliphatic rings. The number of aromatic carboxylic acids is 1. The number of carboxylic acid groups (broad SMARTS) is 1. The Morgan fingerprint density at radius 3 is 3.00 bits per heavy atom. The molecule has 1 aromatic heterocycles. The van der Waals surface area contributed by atoms with Crippen LogP contribution < -0.4 is 5.32 Å². The van der Waals surface area contributed by atoms with Gasteiger partial charge in [0.05, 0.1) is 12.2 Å². The van der Waals surface area contributed by atoms with Crippen molar-refractivity contribution in [2.75, 3.05) is 25.1 Å². The van der Waals surface area contributed by atoms with E-state index in [4.69, 9.17) is 9.52 Å². The summed E-state index contributed by atoms with van der Waals surface area (Å²) in [6.45, 7) is -0.272. The van der Waals surface area contributed by atoms with Crippen LogP contribution in [-0.4, -0.2) is 42.2 Å². The Balaban J connectivity index is 1.93. The van der Waals surface area contributed by atoms with Gasteiger partial charge in [-0.3, -0.25) is 0 Å². The second kappa shape index (κ2) is 6.29. The molecule has 0 spiro atoms. The van der Waals surface area contributed by atoms with Crippen LogP contribution in [0.15, 0.2) is 22.6 Å². The molecular weight excluding hydrogens is 274 g/mol. The van der Waals surface area contributed by atoms with E-state index in [1.807, 2.05) is 0 Å². The van der Waals surface area contributed by atoms with Gasteiger partial charge >= 0.3 is 5.97 Å². The minimum atomic E-state index is -2.49. The summed E-state index contributed by atoms with van der Waals surface area (Å²) < 4.78 is 33.6. The standard InChI is InChI=1S/C12H12F2N2O4/c13-10(14)6-19-4-3-15-12-16-8-2-1-7(11(17)18)5-9(8)20-12/h1-2,5,10H,3-4,6H2,(H,15,16)(H,17,18). The summed E-state index contributed by atoms with van der Waals surface area (Å²) >= 11 is 0. The fourth-order valence-corrected chi connectivity index (χ4v) is 1.54. The minimum absolute atomic E-state index is 0.0867. The summed E-state index contributed by atoms with van der Waals surface area (Å²) in [5, 5.41) is 11.6. The van der Waals surface area contributed by atoms with Crippen molar-refractivity contribution in [1.82, 2.24) is 4.98 Å². The van der Waals surface area contributed by atoms with E-state index in [1.54, 1.807) is 0 Å². The van der Waals surface area contributed by atoms with Gasteiger partial charge < -0.3 is 19.6 Å². The Hall–Kier alpha value is -2.22. The number of hydrogen-bond donors (Lipinski definition) is 2. The summed E-state index contributed by atoms with van der Waals surface area (Å²) in [4.78, 5) is 14.9. The zero-order valence-corrected chi connectivity index (χ0v) is 10.3. The van der Waals surface area contributed by atoms with Crippen molar-refractivity contribution in [2.45, 2.75) is 6.43 Å². The molecule has 0 saturated carbocycles. The number of alkyl halides is 2. The molecular formula is C12H12F2N2O4. The Bertz CT molecular complexity index is 600. The van der Waals surface area contributed by atoms with Gasteiger partial charge in [-0.2, -0.15) is 4.98 Å². The van der Waals surface area contributed by atoms with Gasteiger partial charge in [0.1, 0.15) is 12.1 Å². The van der Waals surface area contributed by atoms with E-state index in [2.05, 4.69) is 15.0 Å². The molecule has 0 radical (unpaired) electrons. The lowest BCUT2D eigenvalue weighted by Crippen LogP contribution is -2.13. The van der Waals surface area contributed by atoms with Crippen molar-refractivity contribution in [2.24, 2.45) is 0 Å². The van der Waals surface area contributed by atoms with Gasteiger partial charge in [0.25, 0.3) is 12.4 Å². The minimum Gasteiger partial charge on any atom is -0.478 e. The lowest BCUT2D eigenvalue weighted by atomic mass is 10.2. The lowest BCUT2D eigenvalue weighted by Gasteiger charge is -2.03. The maximum Gasteiger partial charge on any atom is 0.335 e. The van der Waals surface area contributed by atoms with Crippen molar-refractivity contribution in [3.05, 3.63) is 23.8 Å². The molecule has 1 aromatic carbocycles. The monoisotopic (exact) mass is 286 g/mol. The molecule has 2 rings (SSSR count). The zero-order valence-electron chi connectivity index (χ0n) is 10.3. The van der Waals surface area contributed by atoms with E-state index in [1.165, 1.54) is 18.2 Å². The molecule has 0 aliphatic carbocycles. The van der Waals surface area contributed by atoms with E-state index >= 15 is 0 Å². The van der Waals surface area contributed by atoms with E-state index < -0.39 is 19.0 Å². The van der Waals surface area contributed by atoms with Crippen LogP contribution >= 0.6 is 0 Å². The van der Waals surface area contributed by atoms with Gasteiger partial charge in [0.2, 0.25) is 0 Å². The van der Waals surface area contributed by atoms with Crippen LogP contribution in [0.2, 0.25) is 0 Å². The quantitative estimate of drug-likeness (QED) is 0.759. The number of rotatable bonds is 7. The highest BCUT2D eigenvalue weighted by atomic mass is 19.3. The summed E-state index contributed by atoms with van der Waals surface area (Å²) in [5.41, 5.74) is 0.937. The fourth-order valence-electron chi connectivity index (χ4n) is 1.54. The number of oxazole rings is 1. The van der Waals surface area contributed by atoms with Crippen LogP contribution in [0.3, 0.4) is 0 Å². The summed E-state index contributed by atoms with van der Waals surface area (Å²) in [6, 6.07) is 4.50. The fraction of sp³-hybridized carbons (Fsp3) is 0.333. The molecule has 0 saturated heterocycles. The van der Waals surface area contributed by atoms with Gasteiger partial charge in [0.15, 0.2) is 5.58 Å². The molecule has 0 aliphatic heterocycles. The van der Waals surface area contributed by atoms with Crippen LogP contribution in [0.4, 0.5) is 14.8 Å². The van der Waals surface area contributed by atoms with Gasteiger partial charge in [-0.1, -0.05) is 0 Å². The molecule has 108 valence electrons. The summed E-state index contributed by atoms with van der Waals surface area (Å²) in [6.07, 6.45) is -2.49. The van der Waals surface area contributed by atoms with Gasteiger partial charge in [0, 0.05) is 6.54 Å². The molecule has 0 amide bonds. The Morgan fingerprint density at radius 2 is 2.30 bits per heavy atom. The molecule has 0 atom stereocenters. The lowest BCUT2D eigenvalue weighted by molar-refractivity contribution is 0.0214. The second-order valence-corrected chi connectivity index (χ2v) is 3.90. The Labute approximate surface area is 112 Å². The smallest absolute Gasteiger partial charge is 0.335 e. The highest BCUT2D eigenvalue weighted by Crippen LogP contribution is 2.20. The third-order valence-electron chi connectivity index (χ3n) is 2.40. The number of halogens is 2. The second-order valence-electron chi connectivity index (χ2n) is 3.90. The van der Waals surface area contributed by atoms with Crippen molar-refractivity contribution in [3.8, 4) is 0 Å². The summed E-state index contributed by atoms with van der Waals surface area (Å²) in [5.74, 6) is -1.06. The molecule has 0 unspecified atom stereocenters. The van der Waals surface area contributed by atoms with Crippen molar-refractivity contribution >= 4 is 23.1 Å². The molecule has 2 aromatic rings. The number of hydrogen-bond acceptors (Lipinski definition) is 5. The molecule has 8 heteroatoms. The number of anilines is 1. The van der Waals surface area contributed by atoms with Gasteiger partial charge in [-0.05, 0) is 18.2 Å². The van der Waals surface area contributed by atoms with Crippen molar-refractivity contribution in [3.63, 3.8) is 0 Å². The average molecular weight is 286 g/mol. The summed E-state index contributed by atoms with van der Waals surface area (Å²) in [7, 11) is 0. The van der Waals surface area contributed by atoms with Crippen LogP contribution in [0.25, 0.3) is 11.1 Å². The Morgan fingerprint density at radius 1 is 1.50 bits per heavy atom. The zero-order chi connectivity index (χ0) is 14.5. The Kier molecular flexibility index (Phi) is 4.46. The maximum atomic E-state index is 11.8.